The maximum absolute atomic E-state index is 13.0. The van der Waals surface area contributed by atoms with Crippen LogP contribution in [0.15, 0.2) is 36.5 Å². The SMILES string of the molecule is C=C(C)C(=C)CCCC[Si]12C[Si]3(CCC)O[Si](CC(C)CC(C)(C)C)(O[SiH2]O1)O[Si]1(CCCOC(=O)C(=C)C)O[Si](CCCOCCOC)(O[SiH2]CCC)O[Si](CC(C)CC(C)(C)C)(O2)O[Si](CCCCCCCCC)(O3)O1. The number of esters is 1. The molecule has 6 bridgehead atoms. The highest BCUT2D eigenvalue weighted by Gasteiger charge is 2.77. The van der Waals surface area contributed by atoms with Gasteiger partial charge in [0.25, 0.3) is 10.0 Å². The van der Waals surface area contributed by atoms with Crippen LogP contribution in [-0.2, 0) is 64.3 Å². The lowest BCUT2D eigenvalue weighted by atomic mass is 9.86. The van der Waals surface area contributed by atoms with Crippen LogP contribution in [-0.4, -0.2) is 120 Å². The van der Waals surface area contributed by atoms with E-state index in [0.29, 0.717) is 80.2 Å². The summed E-state index contributed by atoms with van der Waals surface area (Å²) in [5.74, 6) is -0.208. The first-order chi connectivity index (χ1) is 36.7. The summed E-state index contributed by atoms with van der Waals surface area (Å²) in [6.45, 7) is 42.7. The molecular weight excluding hydrogens is 1140 g/mol. The Morgan fingerprint density at radius 1 is 0.577 bits per heavy atom. The third-order valence-electron chi connectivity index (χ3n) is 14.7. The molecule has 4 aliphatic rings. The maximum atomic E-state index is 13.0. The summed E-state index contributed by atoms with van der Waals surface area (Å²) in [5.41, 5.74) is 2.96. The van der Waals surface area contributed by atoms with Crippen LogP contribution in [0.2, 0.25) is 54.0 Å². The van der Waals surface area contributed by atoms with Gasteiger partial charge in [-0.1, -0.05) is 165 Å². The lowest BCUT2D eigenvalue weighted by Gasteiger charge is -2.60. The van der Waals surface area contributed by atoms with Crippen LogP contribution in [0.4, 0.5) is 0 Å². The van der Waals surface area contributed by atoms with Gasteiger partial charge in [-0.25, -0.2) is 4.79 Å². The Kier molecular flexibility index (Phi) is 29.5. The molecule has 454 valence electrons. The van der Waals surface area contributed by atoms with Crippen molar-refractivity contribution in [1.82, 2.24) is 0 Å². The Bertz CT molecular complexity index is 1870. The highest BCUT2D eigenvalue weighted by molar-refractivity contribution is 7.03. The monoisotopic (exact) mass is 1250 g/mol. The minimum atomic E-state index is -4.26. The van der Waals surface area contributed by atoms with Crippen molar-refractivity contribution < 1.29 is 64.3 Å². The Hall–Kier alpha value is 0.122. The first-order valence-corrected chi connectivity index (χ1v) is 47.3. The molecule has 0 saturated carbocycles. The first kappa shape index (κ1) is 70.6. The Morgan fingerprint density at radius 2 is 1.14 bits per heavy atom. The zero-order valence-electron chi connectivity index (χ0n) is 51.8. The van der Waals surface area contributed by atoms with E-state index in [1.807, 2.05) is 6.92 Å². The van der Waals surface area contributed by atoms with Gasteiger partial charge in [0.05, 0.1) is 19.8 Å². The molecule has 0 radical (unpaired) electrons. The number of ether oxygens (including phenoxy) is 3. The van der Waals surface area contributed by atoms with Crippen molar-refractivity contribution >= 4 is 86.9 Å². The molecule has 9 atom stereocenters. The van der Waals surface area contributed by atoms with E-state index in [2.05, 4.69) is 95.9 Å². The minimum absolute atomic E-state index is 0.000176. The molecule has 0 amide bonds. The van der Waals surface area contributed by atoms with Crippen molar-refractivity contribution in [2.45, 2.75) is 247 Å². The topological polar surface area (TPSA) is 146 Å². The zero-order valence-corrected chi connectivity index (χ0v) is 61.6. The van der Waals surface area contributed by atoms with Gasteiger partial charge in [-0.05, 0) is 99.6 Å². The number of fused-ring (bicyclic) bond motifs is 4. The van der Waals surface area contributed by atoms with Crippen LogP contribution in [0.3, 0.4) is 0 Å². The molecule has 0 spiro atoms. The number of carbonyl (C=O) groups is 1. The molecule has 4 fully saturated rings. The third-order valence-corrected chi connectivity index (χ3v) is 55.7. The number of methoxy groups -OCH3 is 1. The molecule has 0 aromatic rings. The first-order valence-electron chi connectivity index (χ1n) is 30.4. The Balaban J connectivity index is 2.17. The summed E-state index contributed by atoms with van der Waals surface area (Å²) in [6, 6.07) is 4.52. The van der Waals surface area contributed by atoms with Crippen molar-refractivity contribution in [3.8, 4) is 0 Å². The van der Waals surface area contributed by atoms with Gasteiger partial charge in [-0.3, -0.25) is 0 Å². The third kappa shape index (κ3) is 23.5. The normalized spacial score (nSPS) is 30.6. The number of hydrogen-bond acceptors (Lipinski definition) is 15. The number of carbonyl (C=O) groups excluding carboxylic acids is 1. The molecular formula is C54H112O15Si9. The molecule has 4 rings (SSSR count). The number of allylic oxidation sites excluding steroid dienone is 2. The maximum Gasteiger partial charge on any atom is 0.479 e. The van der Waals surface area contributed by atoms with E-state index < -0.39 is 86.9 Å². The largest absolute Gasteiger partial charge is 0.479 e. The summed E-state index contributed by atoms with van der Waals surface area (Å²) in [4.78, 5) is 13.0. The highest BCUT2D eigenvalue weighted by atomic mass is 28.6. The molecule has 78 heavy (non-hydrogen) atoms. The van der Waals surface area contributed by atoms with E-state index in [1.54, 1.807) is 14.0 Å². The van der Waals surface area contributed by atoms with Crippen LogP contribution in [0, 0.1) is 22.7 Å². The van der Waals surface area contributed by atoms with Gasteiger partial charge in [0, 0.05) is 55.2 Å². The van der Waals surface area contributed by atoms with Crippen LogP contribution >= 0.6 is 0 Å². The number of unbranched alkanes of at least 4 members (excludes halogenated alkanes) is 7. The molecule has 4 heterocycles. The standard InChI is InChI=1S/C54H112O15Si9/c1-18-21-22-23-24-25-27-39-75-63-73(37-20-3)46-72(38-28-26-31-51(10)47(4)5)60-71-61-77(64-73,44-49(8)42-53(11,12)13)68-76(67-75,41-30-33-58-52(55)48(6)7)65-74(59-70-36-19-2,40-29-32-57-35-34-56-17)66-78(62-72,69-75)45-50(9)43-54(14,15)16/h49-50H,4,6,10,18-46,70-71H2,1-3,5,7-9,11-17H3. The number of rotatable bonds is 38. The van der Waals surface area contributed by atoms with Crippen LogP contribution in [0.1, 0.15) is 193 Å². The summed E-state index contributed by atoms with van der Waals surface area (Å²) < 4.78 is 106. The van der Waals surface area contributed by atoms with Crippen molar-refractivity contribution in [2.75, 3.05) is 33.5 Å². The Morgan fingerprint density at radius 3 is 1.77 bits per heavy atom. The second-order valence-corrected chi connectivity index (χ2v) is 52.5. The lowest BCUT2D eigenvalue weighted by Crippen LogP contribution is -2.83. The van der Waals surface area contributed by atoms with Gasteiger partial charge in [0.15, 0.2) is 9.76 Å². The second kappa shape index (κ2) is 32.6. The average Bonchev–Trinajstić information content (AvgIpc) is 3.47. The lowest BCUT2D eigenvalue weighted by molar-refractivity contribution is -0.139. The molecule has 0 aromatic heterocycles. The molecule has 4 saturated heterocycles. The highest BCUT2D eigenvalue weighted by Crippen LogP contribution is 2.53. The summed E-state index contributed by atoms with van der Waals surface area (Å²) >= 11 is 0. The van der Waals surface area contributed by atoms with Gasteiger partial charge in [0.2, 0.25) is 0 Å². The quantitative estimate of drug-likeness (QED) is 0.0190. The van der Waals surface area contributed by atoms with Crippen molar-refractivity contribution in [1.29, 1.82) is 0 Å². The summed E-state index contributed by atoms with van der Waals surface area (Å²) in [6.07, 6.45) is 14.8. The molecule has 0 N–H and O–H groups in total. The zero-order chi connectivity index (χ0) is 57.8. The van der Waals surface area contributed by atoms with E-state index in [-0.39, 0.29) is 35.3 Å². The van der Waals surface area contributed by atoms with E-state index in [1.165, 1.54) is 25.7 Å². The van der Waals surface area contributed by atoms with Gasteiger partial charge >= 0.3 is 67.1 Å². The molecule has 9 unspecified atom stereocenters. The summed E-state index contributed by atoms with van der Waals surface area (Å²) in [7, 11) is -28.8. The fourth-order valence-electron chi connectivity index (χ4n) is 11.7. The smallest absolute Gasteiger partial charge is 0.462 e. The second-order valence-electron chi connectivity index (χ2n) is 25.9. The number of hydrogen-bond donors (Lipinski definition) is 0. The molecule has 24 heteroatoms. The molecule has 4 aliphatic heterocycles. The fourth-order valence-corrected chi connectivity index (χ4v) is 64.7. The predicted molar refractivity (Wildman–Crippen MR) is 333 cm³/mol. The van der Waals surface area contributed by atoms with E-state index >= 15 is 0 Å². The van der Waals surface area contributed by atoms with E-state index in [4.69, 9.17) is 59.5 Å². The van der Waals surface area contributed by atoms with Gasteiger partial charge in [-0.2, -0.15) is 0 Å². The average molecular weight is 1250 g/mol. The van der Waals surface area contributed by atoms with Crippen LogP contribution in [0.5, 0.6) is 0 Å². The predicted octanol–water partition coefficient (Wildman–Crippen LogP) is 13.4. The minimum Gasteiger partial charge on any atom is -0.462 e. The van der Waals surface area contributed by atoms with Gasteiger partial charge in [0.1, 0.15) is 0 Å². The Labute approximate surface area is 487 Å². The van der Waals surface area contributed by atoms with Crippen LogP contribution in [0.25, 0.3) is 0 Å². The molecule has 0 aromatic carbocycles. The fraction of sp³-hybridized carbons (Fsp3) is 0.870. The van der Waals surface area contributed by atoms with Crippen molar-refractivity contribution in [2.24, 2.45) is 22.7 Å². The van der Waals surface area contributed by atoms with Crippen molar-refractivity contribution in [3.63, 3.8) is 0 Å². The molecule has 15 nitrogen and oxygen atoms in total. The van der Waals surface area contributed by atoms with Gasteiger partial charge < -0.3 is 59.5 Å². The van der Waals surface area contributed by atoms with Crippen molar-refractivity contribution in [3.05, 3.63) is 36.5 Å². The van der Waals surface area contributed by atoms with Gasteiger partial charge in [-0.15, -0.1) is 0 Å². The van der Waals surface area contributed by atoms with E-state index in [0.717, 1.165) is 81.4 Å². The van der Waals surface area contributed by atoms with Crippen LogP contribution < -0.4 is 0 Å². The summed E-state index contributed by atoms with van der Waals surface area (Å²) in [5, 5.41) is 0. The van der Waals surface area contributed by atoms with E-state index in [9.17, 15) is 4.79 Å². The molecule has 0 aliphatic carbocycles.